The number of nitrogens with zero attached hydrogens (tertiary/aromatic N) is 3. The van der Waals surface area contributed by atoms with Gasteiger partial charge in [0.25, 0.3) is 0 Å². The van der Waals surface area contributed by atoms with Crippen molar-refractivity contribution in [1.29, 1.82) is 0 Å². The van der Waals surface area contributed by atoms with Crippen LogP contribution in [0.2, 0.25) is 0 Å². The van der Waals surface area contributed by atoms with Crippen LogP contribution in [0, 0.1) is 13.8 Å². The van der Waals surface area contributed by atoms with Gasteiger partial charge in [-0.15, -0.1) is 0 Å². The maximum absolute atomic E-state index is 4.39. The predicted octanol–water partition coefficient (Wildman–Crippen LogP) is 2.37. The highest BCUT2D eigenvalue weighted by atomic mass is 32.1. The fourth-order valence-corrected chi connectivity index (χ4v) is 1.57. The molecule has 1 aromatic heterocycles. The van der Waals surface area contributed by atoms with E-state index in [0.29, 0.717) is 0 Å². The number of amidine groups is 1. The van der Waals surface area contributed by atoms with Crippen molar-refractivity contribution in [2.45, 2.75) is 20.8 Å². The van der Waals surface area contributed by atoms with Crippen LogP contribution in [0.4, 0.5) is 5.13 Å². The fraction of sp³-hybridized carbons (Fsp3) is 0.556. The quantitative estimate of drug-likeness (QED) is 0.511. The summed E-state index contributed by atoms with van der Waals surface area (Å²) in [7, 11) is 3.96. The number of thiazole rings is 1. The highest BCUT2D eigenvalue weighted by Gasteiger charge is 2.02. The highest BCUT2D eigenvalue weighted by Crippen LogP contribution is 2.23. The Labute approximate surface area is 83.1 Å². The normalized spacial score (nSPS) is 11.9. The second-order valence-corrected chi connectivity index (χ2v) is 4.37. The Bertz CT molecular complexity index is 306. The van der Waals surface area contributed by atoms with Gasteiger partial charge in [0, 0.05) is 19.0 Å². The van der Waals surface area contributed by atoms with E-state index in [4.69, 9.17) is 0 Å². The molecule has 0 amide bonds. The highest BCUT2D eigenvalue weighted by molar-refractivity contribution is 7.15. The Morgan fingerprint density at radius 1 is 1.38 bits per heavy atom. The van der Waals surface area contributed by atoms with Crippen LogP contribution in [-0.2, 0) is 0 Å². The molecule has 1 heterocycles. The maximum atomic E-state index is 4.39. The molecule has 0 spiro atoms. The summed E-state index contributed by atoms with van der Waals surface area (Å²) in [4.78, 5) is 11.9. The molecule has 0 aromatic carbocycles. The summed E-state index contributed by atoms with van der Waals surface area (Å²) in [5.41, 5.74) is 1.08. The number of aryl methyl sites for hydroxylation is 2. The lowest BCUT2D eigenvalue weighted by atomic mass is 10.4. The Balaban J connectivity index is 2.91. The molecule has 0 N–H and O–H groups in total. The lowest BCUT2D eigenvalue weighted by Gasteiger charge is -2.09. The number of aliphatic imine (C=N–C) groups is 1. The van der Waals surface area contributed by atoms with Gasteiger partial charge in [-0.05, 0) is 20.8 Å². The van der Waals surface area contributed by atoms with Gasteiger partial charge in [-0.3, -0.25) is 0 Å². The van der Waals surface area contributed by atoms with Gasteiger partial charge in [-0.1, -0.05) is 11.3 Å². The number of rotatable bonds is 1. The van der Waals surface area contributed by atoms with Crippen molar-refractivity contribution >= 4 is 22.3 Å². The van der Waals surface area contributed by atoms with Crippen LogP contribution in [0.1, 0.15) is 17.5 Å². The smallest absolute Gasteiger partial charge is 0.211 e. The number of aromatic nitrogens is 1. The van der Waals surface area contributed by atoms with E-state index in [1.54, 1.807) is 11.3 Å². The van der Waals surface area contributed by atoms with E-state index in [9.17, 15) is 0 Å². The topological polar surface area (TPSA) is 28.5 Å². The van der Waals surface area contributed by atoms with E-state index in [1.165, 1.54) is 4.88 Å². The Morgan fingerprint density at radius 2 is 2.00 bits per heavy atom. The second-order valence-electron chi connectivity index (χ2n) is 3.19. The van der Waals surface area contributed by atoms with Crippen molar-refractivity contribution in [3.63, 3.8) is 0 Å². The average Bonchev–Trinajstić information content (AvgIpc) is 2.31. The maximum Gasteiger partial charge on any atom is 0.211 e. The lowest BCUT2D eigenvalue weighted by Crippen LogP contribution is -2.17. The third-order valence-electron chi connectivity index (χ3n) is 1.92. The van der Waals surface area contributed by atoms with Crippen molar-refractivity contribution in [3.05, 3.63) is 10.6 Å². The van der Waals surface area contributed by atoms with Crippen LogP contribution in [0.15, 0.2) is 4.99 Å². The third kappa shape index (κ3) is 2.52. The fourth-order valence-electron chi connectivity index (χ4n) is 0.742. The molecule has 3 nitrogen and oxygen atoms in total. The van der Waals surface area contributed by atoms with Gasteiger partial charge in [0.2, 0.25) is 5.13 Å². The molecule has 0 atom stereocenters. The van der Waals surface area contributed by atoms with E-state index >= 15 is 0 Å². The second kappa shape index (κ2) is 3.87. The molecule has 13 heavy (non-hydrogen) atoms. The monoisotopic (exact) mass is 197 g/mol. The average molecular weight is 197 g/mol. The van der Waals surface area contributed by atoms with Crippen LogP contribution in [-0.4, -0.2) is 29.8 Å². The molecular formula is C9H15N3S. The molecule has 0 unspecified atom stereocenters. The van der Waals surface area contributed by atoms with Gasteiger partial charge in [0.15, 0.2) is 0 Å². The predicted molar refractivity (Wildman–Crippen MR) is 58.0 cm³/mol. The van der Waals surface area contributed by atoms with Crippen LogP contribution in [0.3, 0.4) is 0 Å². The minimum atomic E-state index is 0.848. The van der Waals surface area contributed by atoms with Crippen LogP contribution in [0.5, 0.6) is 0 Å². The van der Waals surface area contributed by atoms with Crippen LogP contribution in [0.25, 0.3) is 0 Å². The van der Waals surface area contributed by atoms with Crippen molar-refractivity contribution in [1.82, 2.24) is 9.88 Å². The molecule has 1 rings (SSSR count). The van der Waals surface area contributed by atoms with Crippen molar-refractivity contribution in [2.24, 2.45) is 4.99 Å². The number of hydrogen-bond donors (Lipinski definition) is 0. The van der Waals surface area contributed by atoms with E-state index in [2.05, 4.69) is 16.9 Å². The summed E-state index contributed by atoms with van der Waals surface area (Å²) >= 11 is 1.63. The Morgan fingerprint density at radius 3 is 2.38 bits per heavy atom. The van der Waals surface area contributed by atoms with Crippen molar-refractivity contribution < 1.29 is 0 Å². The zero-order chi connectivity index (χ0) is 10.0. The summed E-state index contributed by atoms with van der Waals surface area (Å²) in [6, 6.07) is 0. The minimum Gasteiger partial charge on any atom is -0.366 e. The summed E-state index contributed by atoms with van der Waals surface area (Å²) < 4.78 is 0. The molecule has 4 heteroatoms. The zero-order valence-corrected chi connectivity index (χ0v) is 9.57. The van der Waals surface area contributed by atoms with Gasteiger partial charge in [-0.2, -0.15) is 0 Å². The van der Waals surface area contributed by atoms with E-state index in [0.717, 1.165) is 16.7 Å². The molecular weight excluding hydrogens is 182 g/mol. The number of hydrogen-bond acceptors (Lipinski definition) is 3. The molecule has 0 aliphatic carbocycles. The van der Waals surface area contributed by atoms with E-state index in [-0.39, 0.29) is 0 Å². The molecule has 0 bridgehead atoms. The molecule has 0 fully saturated rings. The molecule has 72 valence electrons. The van der Waals surface area contributed by atoms with Gasteiger partial charge < -0.3 is 4.90 Å². The largest absolute Gasteiger partial charge is 0.366 e. The zero-order valence-electron chi connectivity index (χ0n) is 8.75. The first-order valence-electron chi connectivity index (χ1n) is 4.17. The molecule has 0 aliphatic rings. The summed E-state index contributed by atoms with van der Waals surface area (Å²) in [5.74, 6) is 0.980. The summed E-state index contributed by atoms with van der Waals surface area (Å²) in [5, 5.41) is 0.848. The van der Waals surface area contributed by atoms with Crippen molar-refractivity contribution in [3.8, 4) is 0 Å². The molecule has 0 saturated heterocycles. The van der Waals surface area contributed by atoms with E-state index in [1.807, 2.05) is 32.8 Å². The Hall–Kier alpha value is -0.900. The van der Waals surface area contributed by atoms with E-state index < -0.39 is 0 Å². The SMILES string of the molecule is C/C(=N/c1nc(C)c(C)s1)N(C)C. The molecule has 1 aromatic rings. The van der Waals surface area contributed by atoms with Gasteiger partial charge in [0.05, 0.1) is 5.69 Å². The standard InChI is InChI=1S/C9H15N3S/c1-6-7(2)13-9(10-6)11-8(3)12(4)5/h1-5H3/b11-8-. The van der Waals surface area contributed by atoms with Crippen LogP contribution >= 0.6 is 11.3 Å². The molecule has 0 aliphatic heterocycles. The first kappa shape index (κ1) is 10.2. The van der Waals surface area contributed by atoms with Gasteiger partial charge in [-0.25, -0.2) is 9.98 Å². The summed E-state index contributed by atoms with van der Waals surface area (Å²) in [6.45, 7) is 6.05. The van der Waals surface area contributed by atoms with Crippen molar-refractivity contribution in [2.75, 3.05) is 14.1 Å². The van der Waals surface area contributed by atoms with Gasteiger partial charge >= 0.3 is 0 Å². The molecule has 0 saturated carbocycles. The molecule has 0 radical (unpaired) electrons. The Kier molecular flexibility index (Phi) is 3.03. The first-order chi connectivity index (χ1) is 6.00. The van der Waals surface area contributed by atoms with Gasteiger partial charge in [0.1, 0.15) is 5.84 Å². The lowest BCUT2D eigenvalue weighted by molar-refractivity contribution is 0.619. The summed E-state index contributed by atoms with van der Waals surface area (Å²) in [6.07, 6.45) is 0. The minimum absolute atomic E-state index is 0.848. The first-order valence-corrected chi connectivity index (χ1v) is 4.99. The van der Waals surface area contributed by atoms with Crippen LogP contribution < -0.4 is 0 Å². The third-order valence-corrected chi connectivity index (χ3v) is 2.89.